The van der Waals surface area contributed by atoms with Gasteiger partial charge in [-0.05, 0) is 29.3 Å². The van der Waals surface area contributed by atoms with Crippen LogP contribution < -0.4 is 10.3 Å². The van der Waals surface area contributed by atoms with Crippen molar-refractivity contribution in [3.05, 3.63) is 99.7 Å². The number of carbonyl (C=O) groups is 1. The van der Waals surface area contributed by atoms with Gasteiger partial charge in [-0.25, -0.2) is 4.39 Å². The molecule has 3 aromatic rings. The molecule has 0 fully saturated rings. The lowest BCUT2D eigenvalue weighted by molar-refractivity contribution is 0.0966. The molecule has 2 aromatic carbocycles. The van der Waals surface area contributed by atoms with Gasteiger partial charge in [0.2, 0.25) is 0 Å². The minimum atomic E-state index is -0.590. The van der Waals surface area contributed by atoms with Gasteiger partial charge in [0.05, 0.1) is 12.1 Å². The van der Waals surface area contributed by atoms with Crippen LogP contribution in [0.4, 0.5) is 4.39 Å². The number of rotatable bonds is 7. The number of pyridine rings is 1. The number of nitrogens with zero attached hydrogens (tertiary/aromatic N) is 1. The van der Waals surface area contributed by atoms with Gasteiger partial charge in [0.1, 0.15) is 18.2 Å². The molecular weight excluding hydrogens is 413 g/mol. The highest BCUT2D eigenvalue weighted by molar-refractivity contribution is 9.08. The highest BCUT2D eigenvalue weighted by Gasteiger charge is 2.13. The number of benzene rings is 2. The van der Waals surface area contributed by atoms with Crippen LogP contribution in [-0.2, 0) is 18.5 Å². The van der Waals surface area contributed by atoms with Gasteiger partial charge in [0.15, 0.2) is 5.78 Å². The summed E-state index contributed by atoms with van der Waals surface area (Å²) in [6.07, 6.45) is 1.48. The summed E-state index contributed by atoms with van der Waals surface area (Å²) in [5, 5.41) is 0.502. The van der Waals surface area contributed by atoms with Crippen molar-refractivity contribution < 1.29 is 13.9 Å². The second kappa shape index (κ2) is 8.77. The Kier molecular flexibility index (Phi) is 6.19. The van der Waals surface area contributed by atoms with Crippen molar-refractivity contribution in [3.63, 3.8) is 0 Å². The van der Waals surface area contributed by atoms with Gasteiger partial charge in [-0.1, -0.05) is 52.3 Å². The summed E-state index contributed by atoms with van der Waals surface area (Å²) in [7, 11) is 0. The highest BCUT2D eigenvalue weighted by Crippen LogP contribution is 2.15. The van der Waals surface area contributed by atoms with Crippen LogP contribution in [0.25, 0.3) is 0 Å². The van der Waals surface area contributed by atoms with E-state index in [2.05, 4.69) is 15.9 Å². The molecule has 0 unspecified atom stereocenters. The third kappa shape index (κ3) is 4.92. The van der Waals surface area contributed by atoms with Crippen LogP contribution in [-0.4, -0.2) is 10.4 Å². The largest absolute Gasteiger partial charge is 0.489 e. The smallest absolute Gasteiger partial charge is 0.254 e. The number of aromatic nitrogens is 1. The number of hydrogen-bond donors (Lipinski definition) is 0. The Morgan fingerprint density at radius 3 is 2.48 bits per heavy atom. The minimum Gasteiger partial charge on any atom is -0.489 e. The van der Waals surface area contributed by atoms with Crippen molar-refractivity contribution in [2.75, 3.05) is 0 Å². The summed E-state index contributed by atoms with van der Waals surface area (Å²) in [4.78, 5) is 24.6. The maximum atomic E-state index is 14.1. The van der Waals surface area contributed by atoms with Crippen LogP contribution in [0.3, 0.4) is 0 Å². The van der Waals surface area contributed by atoms with Crippen LogP contribution in [0.2, 0.25) is 0 Å². The molecule has 0 atom stereocenters. The molecule has 138 valence electrons. The van der Waals surface area contributed by atoms with E-state index >= 15 is 0 Å². The molecule has 0 amide bonds. The topological polar surface area (TPSA) is 48.3 Å². The number of halogens is 2. The zero-order valence-electron chi connectivity index (χ0n) is 14.4. The normalized spacial score (nSPS) is 10.6. The van der Waals surface area contributed by atoms with Crippen LogP contribution in [0.15, 0.2) is 71.7 Å². The number of ether oxygens (including phenoxy) is 1. The molecule has 0 aliphatic heterocycles. The first-order valence-electron chi connectivity index (χ1n) is 8.31. The minimum absolute atomic E-state index is 0.0315. The monoisotopic (exact) mass is 429 g/mol. The van der Waals surface area contributed by atoms with E-state index in [-0.39, 0.29) is 17.7 Å². The second-order valence-electron chi connectivity index (χ2n) is 5.97. The third-order valence-corrected chi connectivity index (χ3v) is 4.67. The average molecular weight is 430 g/mol. The molecule has 27 heavy (non-hydrogen) atoms. The first-order valence-corrected chi connectivity index (χ1v) is 9.44. The van der Waals surface area contributed by atoms with Crippen molar-refractivity contribution in [3.8, 4) is 5.75 Å². The maximum absolute atomic E-state index is 14.1. The molecular formula is C21H17BrFNO3. The lowest BCUT2D eigenvalue weighted by Gasteiger charge is -2.09. The van der Waals surface area contributed by atoms with Crippen LogP contribution in [0.5, 0.6) is 5.75 Å². The summed E-state index contributed by atoms with van der Waals surface area (Å²) in [6, 6.07) is 16.9. The lowest BCUT2D eigenvalue weighted by Crippen LogP contribution is -2.23. The zero-order chi connectivity index (χ0) is 19.2. The van der Waals surface area contributed by atoms with Gasteiger partial charge in [0.25, 0.3) is 5.56 Å². The number of hydrogen-bond acceptors (Lipinski definition) is 3. The molecule has 0 radical (unpaired) electrons. The molecule has 6 heteroatoms. The van der Waals surface area contributed by atoms with Gasteiger partial charge in [-0.2, -0.15) is 0 Å². The molecule has 3 rings (SSSR count). The quantitative estimate of drug-likeness (QED) is 0.414. The number of Topliss-reactive ketones (excluding diaryl/α,β-unsaturated/α-hetero) is 1. The summed E-state index contributed by atoms with van der Waals surface area (Å²) in [5.41, 5.74) is 1.31. The number of alkyl halides is 1. The predicted octanol–water partition coefficient (Wildman–Crippen LogP) is 4.34. The average Bonchev–Trinajstić information content (AvgIpc) is 2.68. The van der Waals surface area contributed by atoms with E-state index in [1.165, 1.54) is 29.0 Å². The maximum Gasteiger partial charge on any atom is 0.254 e. The van der Waals surface area contributed by atoms with E-state index in [9.17, 15) is 14.0 Å². The molecule has 0 bridgehead atoms. The fourth-order valence-corrected chi connectivity index (χ4v) is 2.91. The first-order chi connectivity index (χ1) is 13.1. The number of carbonyl (C=O) groups excluding carboxylic acids is 1. The van der Waals surface area contributed by atoms with Crippen molar-refractivity contribution in [1.29, 1.82) is 0 Å². The van der Waals surface area contributed by atoms with Crippen LogP contribution >= 0.6 is 15.9 Å². The summed E-state index contributed by atoms with van der Waals surface area (Å²) >= 11 is 3.24. The number of ketones is 1. The van der Waals surface area contributed by atoms with Crippen molar-refractivity contribution >= 4 is 21.7 Å². The van der Waals surface area contributed by atoms with E-state index in [1.54, 1.807) is 12.1 Å². The van der Waals surface area contributed by atoms with Gasteiger partial charge in [0, 0.05) is 17.6 Å². The predicted molar refractivity (Wildman–Crippen MR) is 105 cm³/mol. The van der Waals surface area contributed by atoms with Crippen molar-refractivity contribution in [1.82, 2.24) is 4.57 Å². The fourth-order valence-electron chi connectivity index (χ4n) is 2.56. The van der Waals surface area contributed by atoms with Gasteiger partial charge in [-0.3, -0.25) is 9.59 Å². The SMILES string of the molecule is O=C(Cn1ccc(OCc2ccccc2)cc1=O)c1ccc(CBr)cc1F. The van der Waals surface area contributed by atoms with E-state index in [0.717, 1.165) is 11.1 Å². The van der Waals surface area contributed by atoms with Crippen LogP contribution in [0, 0.1) is 5.82 Å². The Morgan fingerprint density at radius 2 is 1.81 bits per heavy atom. The van der Waals surface area contributed by atoms with E-state index in [0.29, 0.717) is 17.7 Å². The molecule has 0 N–H and O–H groups in total. The summed E-state index contributed by atoms with van der Waals surface area (Å²) < 4.78 is 20.9. The Morgan fingerprint density at radius 1 is 1.04 bits per heavy atom. The van der Waals surface area contributed by atoms with Gasteiger partial charge >= 0.3 is 0 Å². The Bertz CT molecular complexity index is 1000. The Balaban J connectivity index is 1.69. The molecule has 1 aromatic heterocycles. The molecule has 0 aliphatic carbocycles. The molecule has 1 heterocycles. The van der Waals surface area contributed by atoms with Gasteiger partial charge in [-0.15, -0.1) is 0 Å². The standard InChI is InChI=1S/C21H17BrFNO3/c22-12-16-6-7-18(19(23)10-16)20(25)13-24-9-8-17(11-21(24)26)27-14-15-4-2-1-3-5-15/h1-11H,12-14H2. The Hall–Kier alpha value is -2.73. The molecule has 0 aliphatic rings. The first kappa shape index (κ1) is 19.0. The molecule has 0 saturated carbocycles. The molecule has 0 saturated heterocycles. The third-order valence-electron chi connectivity index (χ3n) is 4.02. The molecule has 4 nitrogen and oxygen atoms in total. The summed E-state index contributed by atoms with van der Waals surface area (Å²) in [5.74, 6) is -0.637. The van der Waals surface area contributed by atoms with Crippen molar-refractivity contribution in [2.24, 2.45) is 0 Å². The second-order valence-corrected chi connectivity index (χ2v) is 6.53. The Labute approximate surface area is 164 Å². The molecule has 0 spiro atoms. The lowest BCUT2D eigenvalue weighted by atomic mass is 10.1. The zero-order valence-corrected chi connectivity index (χ0v) is 16.0. The summed E-state index contributed by atoms with van der Waals surface area (Å²) in [6.45, 7) is 0.108. The fraction of sp³-hybridized carbons (Fsp3) is 0.143. The van der Waals surface area contributed by atoms with E-state index < -0.39 is 11.6 Å². The van der Waals surface area contributed by atoms with E-state index in [1.807, 2.05) is 30.3 Å². The van der Waals surface area contributed by atoms with E-state index in [4.69, 9.17) is 4.74 Å². The van der Waals surface area contributed by atoms with Crippen LogP contribution in [0.1, 0.15) is 21.5 Å². The van der Waals surface area contributed by atoms with Crippen molar-refractivity contribution in [2.45, 2.75) is 18.5 Å². The highest BCUT2D eigenvalue weighted by atomic mass is 79.9. The van der Waals surface area contributed by atoms with Gasteiger partial charge < -0.3 is 9.30 Å².